The molecule has 1 aromatic heterocycles. The van der Waals surface area contributed by atoms with Gasteiger partial charge in [-0.3, -0.25) is 0 Å². The number of nitrogens with zero attached hydrogens (tertiary/aromatic N) is 1. The molecule has 2 nitrogen and oxygen atoms in total. The molecule has 244 valence electrons. The zero-order valence-electron chi connectivity index (χ0n) is 35.8. The Bertz CT molecular complexity index is 3300. The fraction of sp³-hybridized carbons (Fsp3) is 0. The van der Waals surface area contributed by atoms with E-state index in [9.17, 15) is 11.0 Å². The van der Waals surface area contributed by atoms with Crippen molar-refractivity contribution in [1.29, 1.82) is 0 Å². The van der Waals surface area contributed by atoms with Gasteiger partial charge < -0.3 is 9.32 Å². The Morgan fingerprint density at radius 3 is 1.67 bits per heavy atom. The Hall–Kier alpha value is -6.90. The molecule has 0 radical (unpaired) electrons. The summed E-state index contributed by atoms with van der Waals surface area (Å²) in [5.74, 6) is 0. The topological polar surface area (TPSA) is 16.4 Å². The number of anilines is 3. The van der Waals surface area contributed by atoms with Gasteiger partial charge in [-0.05, 0) is 98.0 Å². The molecule has 0 fully saturated rings. The van der Waals surface area contributed by atoms with Gasteiger partial charge in [0.1, 0.15) is 11.2 Å². The second-order valence-corrected chi connectivity index (χ2v) is 12.7. The van der Waals surface area contributed by atoms with E-state index >= 15 is 0 Å². The third kappa shape index (κ3) is 5.21. The van der Waals surface area contributed by atoms with Crippen LogP contribution in [0.5, 0.6) is 0 Å². The maximum atomic E-state index is 9.60. The molecule has 1 heterocycles. The number of hydrogen-bond donors (Lipinski definition) is 0. The minimum atomic E-state index is -0.413. The predicted molar refractivity (Wildman–Crippen MR) is 220 cm³/mol. The van der Waals surface area contributed by atoms with E-state index in [1.807, 2.05) is 115 Å². The fourth-order valence-corrected chi connectivity index (χ4v) is 7.00. The molecule has 0 saturated heterocycles. The van der Waals surface area contributed by atoms with Gasteiger partial charge in [-0.1, -0.05) is 152 Å². The maximum Gasteiger partial charge on any atom is 0.143 e. The molecular weight excluding hydrogens is 631 g/mol. The van der Waals surface area contributed by atoms with Crippen LogP contribution in [0, 0.1) is 0 Å². The lowest BCUT2D eigenvalue weighted by molar-refractivity contribution is 0.672. The van der Waals surface area contributed by atoms with Crippen molar-refractivity contribution in [3.05, 3.63) is 200 Å². The van der Waals surface area contributed by atoms with E-state index in [1.165, 1.54) is 4.90 Å². The first-order valence-electron chi connectivity index (χ1n) is 21.1. The normalized spacial score (nSPS) is 13.6. The summed E-state index contributed by atoms with van der Waals surface area (Å²) < 4.78 is 82.5. The van der Waals surface area contributed by atoms with Gasteiger partial charge >= 0.3 is 0 Å². The summed E-state index contributed by atoms with van der Waals surface area (Å²) in [6.45, 7) is 0. The van der Waals surface area contributed by atoms with Crippen molar-refractivity contribution in [2.75, 3.05) is 4.90 Å². The highest BCUT2D eigenvalue weighted by Crippen LogP contribution is 2.45. The summed E-state index contributed by atoms with van der Waals surface area (Å²) in [5.41, 5.74) is 4.03. The van der Waals surface area contributed by atoms with Crippen molar-refractivity contribution in [3.8, 4) is 33.4 Å². The van der Waals surface area contributed by atoms with E-state index in [0.29, 0.717) is 38.8 Å². The molecule has 0 N–H and O–H groups in total. The molecule has 52 heavy (non-hydrogen) atoms. The maximum absolute atomic E-state index is 9.60. The number of fused-ring (bicyclic) bond motifs is 6. The van der Waals surface area contributed by atoms with Gasteiger partial charge in [-0.2, -0.15) is 0 Å². The molecule has 0 amide bonds. The van der Waals surface area contributed by atoms with E-state index in [-0.39, 0.29) is 46.7 Å². The van der Waals surface area contributed by atoms with Crippen LogP contribution in [0.2, 0.25) is 0 Å². The summed E-state index contributed by atoms with van der Waals surface area (Å²) in [6, 6.07) is 44.3. The van der Waals surface area contributed by atoms with Crippen LogP contribution < -0.4 is 4.90 Å². The standard InChI is InChI=1S/C50H33NO/c1-2-9-34(10-3-1)36-17-19-37(20-18-36)38-23-28-43(29-24-38)51(44-30-25-39(26-31-44)42-22-21-35-11-4-5-13-41(35)33-42)47-15-8-16-48-49(47)46-32-27-40-12-6-7-14-45(40)50(46)52-48/h1-33H/i23D,24D,25D,26D,28D,29D,30D,31D. The predicted octanol–water partition coefficient (Wildman–Crippen LogP) is 14.4. The first-order chi connectivity index (χ1) is 29.1. The molecule has 0 aliphatic rings. The third-order valence-electron chi connectivity index (χ3n) is 9.60. The third-order valence-corrected chi connectivity index (χ3v) is 9.60. The number of furan rings is 1. The van der Waals surface area contributed by atoms with Gasteiger partial charge in [0.15, 0.2) is 0 Å². The van der Waals surface area contributed by atoms with Crippen molar-refractivity contribution >= 4 is 60.5 Å². The van der Waals surface area contributed by atoms with E-state index in [4.69, 9.17) is 4.42 Å². The SMILES string of the molecule is [2H]c1c([2H])c(N(c2c([2H])c([2H])c(-c3ccc4ccccc4c3)c([2H])c2[2H])c2cccc3oc4c5ccccc5ccc4c23)c([2H])c([2H])c1-c1ccc(-c2ccccc2)cc1. The highest BCUT2D eigenvalue weighted by Gasteiger charge is 2.20. The lowest BCUT2D eigenvalue weighted by Crippen LogP contribution is -2.10. The van der Waals surface area contributed by atoms with Crippen LogP contribution in [0.25, 0.3) is 76.9 Å². The minimum Gasteiger partial charge on any atom is -0.455 e. The zero-order chi connectivity index (χ0) is 41.4. The van der Waals surface area contributed by atoms with E-state index in [0.717, 1.165) is 32.7 Å². The highest BCUT2D eigenvalue weighted by atomic mass is 16.3. The Balaban J connectivity index is 1.25. The van der Waals surface area contributed by atoms with Crippen LogP contribution in [0.4, 0.5) is 17.1 Å². The largest absolute Gasteiger partial charge is 0.455 e. The molecule has 9 aromatic carbocycles. The summed E-state index contributed by atoms with van der Waals surface area (Å²) in [4.78, 5) is 1.36. The second-order valence-electron chi connectivity index (χ2n) is 12.7. The number of hydrogen-bond acceptors (Lipinski definition) is 2. The highest BCUT2D eigenvalue weighted by molar-refractivity contribution is 6.19. The Morgan fingerprint density at radius 2 is 0.942 bits per heavy atom. The molecule has 0 bridgehead atoms. The Labute approximate surface area is 313 Å². The van der Waals surface area contributed by atoms with Crippen LogP contribution in [-0.2, 0) is 0 Å². The van der Waals surface area contributed by atoms with Crippen molar-refractivity contribution in [2.45, 2.75) is 0 Å². The van der Waals surface area contributed by atoms with Crippen molar-refractivity contribution < 1.29 is 15.4 Å². The Kier molecular flexibility index (Phi) is 5.45. The molecular formula is C50H33NO. The fourth-order valence-electron chi connectivity index (χ4n) is 7.00. The zero-order valence-corrected chi connectivity index (χ0v) is 27.8. The summed E-state index contributed by atoms with van der Waals surface area (Å²) in [7, 11) is 0. The van der Waals surface area contributed by atoms with Crippen LogP contribution in [0.15, 0.2) is 204 Å². The van der Waals surface area contributed by atoms with Gasteiger partial charge in [0.25, 0.3) is 0 Å². The van der Waals surface area contributed by atoms with Crippen LogP contribution in [-0.4, -0.2) is 0 Å². The van der Waals surface area contributed by atoms with Crippen LogP contribution in [0.3, 0.4) is 0 Å². The molecule has 0 aliphatic carbocycles. The molecule has 0 spiro atoms. The van der Waals surface area contributed by atoms with Gasteiger partial charge in [-0.15, -0.1) is 0 Å². The first-order valence-corrected chi connectivity index (χ1v) is 17.1. The van der Waals surface area contributed by atoms with Crippen LogP contribution >= 0.6 is 0 Å². The number of benzene rings is 9. The number of rotatable bonds is 6. The van der Waals surface area contributed by atoms with Gasteiger partial charge in [0, 0.05) is 22.1 Å². The summed E-state index contributed by atoms with van der Waals surface area (Å²) in [5, 5.41) is 4.90. The molecule has 10 aromatic rings. The smallest absolute Gasteiger partial charge is 0.143 e. The monoisotopic (exact) mass is 671 g/mol. The summed E-state index contributed by atoms with van der Waals surface area (Å²) in [6.07, 6.45) is 0. The average molecular weight is 672 g/mol. The lowest BCUT2D eigenvalue weighted by atomic mass is 9.99. The first kappa shape index (κ1) is 22.7. The molecule has 10 rings (SSSR count). The lowest BCUT2D eigenvalue weighted by Gasteiger charge is -2.26. The molecule has 0 unspecified atom stereocenters. The quantitative estimate of drug-likeness (QED) is 0.175. The molecule has 0 aliphatic heterocycles. The van der Waals surface area contributed by atoms with Gasteiger partial charge in [0.05, 0.1) is 22.0 Å². The van der Waals surface area contributed by atoms with Gasteiger partial charge in [-0.25, -0.2) is 0 Å². The molecule has 0 atom stereocenters. The average Bonchev–Trinajstić information content (AvgIpc) is 3.68. The van der Waals surface area contributed by atoms with E-state index < -0.39 is 24.2 Å². The Morgan fingerprint density at radius 1 is 0.385 bits per heavy atom. The summed E-state index contributed by atoms with van der Waals surface area (Å²) >= 11 is 0. The second kappa shape index (κ2) is 12.5. The van der Waals surface area contributed by atoms with Crippen LogP contribution in [0.1, 0.15) is 11.0 Å². The van der Waals surface area contributed by atoms with E-state index in [2.05, 4.69) is 0 Å². The van der Waals surface area contributed by atoms with Crippen molar-refractivity contribution in [3.63, 3.8) is 0 Å². The van der Waals surface area contributed by atoms with E-state index in [1.54, 1.807) is 36.4 Å². The van der Waals surface area contributed by atoms with Gasteiger partial charge in [0.2, 0.25) is 0 Å². The van der Waals surface area contributed by atoms with Crippen molar-refractivity contribution in [1.82, 2.24) is 0 Å². The molecule has 0 saturated carbocycles. The van der Waals surface area contributed by atoms with Crippen molar-refractivity contribution in [2.24, 2.45) is 0 Å². The minimum absolute atomic E-state index is 0.0953. The molecule has 2 heteroatoms.